The van der Waals surface area contributed by atoms with E-state index in [4.69, 9.17) is 4.52 Å². The van der Waals surface area contributed by atoms with Crippen molar-refractivity contribution in [3.8, 4) is 0 Å². The summed E-state index contributed by atoms with van der Waals surface area (Å²) in [7, 11) is 0. The molecule has 3 rings (SSSR count). The van der Waals surface area contributed by atoms with Crippen LogP contribution in [0.5, 0.6) is 0 Å². The van der Waals surface area contributed by atoms with Gasteiger partial charge in [-0.1, -0.05) is 12.1 Å². The number of amides is 1. The number of aromatic nitrogens is 3. The van der Waals surface area contributed by atoms with Crippen molar-refractivity contribution in [1.82, 2.24) is 20.4 Å². The molecule has 6 nitrogen and oxygen atoms in total. The van der Waals surface area contributed by atoms with Gasteiger partial charge in [0.05, 0.1) is 0 Å². The Morgan fingerprint density at radius 2 is 2.35 bits per heavy atom. The molecule has 1 atom stereocenters. The number of hydrogen-bond donors (Lipinski definition) is 2. The molecule has 0 bridgehead atoms. The molecule has 106 valence electrons. The molecule has 1 saturated carbocycles. The zero-order chi connectivity index (χ0) is 14.1. The van der Waals surface area contributed by atoms with E-state index < -0.39 is 0 Å². The maximum Gasteiger partial charge on any atom is 0.268 e. The highest BCUT2D eigenvalue weighted by atomic mass is 16.5. The van der Waals surface area contributed by atoms with Crippen LogP contribution in [0, 0.1) is 0 Å². The molecule has 2 heterocycles. The maximum absolute atomic E-state index is 12.1. The second-order valence-electron chi connectivity index (χ2n) is 5.21. The van der Waals surface area contributed by atoms with Crippen LogP contribution < -0.4 is 5.32 Å². The van der Waals surface area contributed by atoms with Gasteiger partial charge in [-0.3, -0.25) is 4.79 Å². The third kappa shape index (κ3) is 2.59. The number of nitrogens with zero attached hydrogens (tertiary/aromatic N) is 2. The zero-order valence-electron chi connectivity index (χ0n) is 11.6. The van der Waals surface area contributed by atoms with E-state index in [0.717, 1.165) is 30.8 Å². The van der Waals surface area contributed by atoms with Gasteiger partial charge in [0.15, 0.2) is 5.82 Å². The molecule has 6 heteroatoms. The molecule has 2 aromatic heterocycles. The summed E-state index contributed by atoms with van der Waals surface area (Å²) in [6.07, 6.45) is 3.13. The van der Waals surface area contributed by atoms with Crippen molar-refractivity contribution in [3.05, 3.63) is 35.2 Å². The van der Waals surface area contributed by atoms with Crippen LogP contribution in [0.25, 0.3) is 0 Å². The van der Waals surface area contributed by atoms with Crippen molar-refractivity contribution < 1.29 is 9.32 Å². The average Bonchev–Trinajstić information content (AvgIpc) is 3.00. The Bertz CT molecular complexity index is 612. The standard InChI is InChI=1S/C14H18N4O2/c1-3-10-6-7-11(16-10)13(19)15-8(2)14-17-12(18-20-14)9-4-5-9/h6-9,16H,3-5H2,1-2H3,(H,15,19)/t8-/m1/s1. The molecule has 0 saturated heterocycles. The lowest BCUT2D eigenvalue weighted by Gasteiger charge is -2.08. The molecule has 20 heavy (non-hydrogen) atoms. The lowest BCUT2D eigenvalue weighted by molar-refractivity contribution is 0.0928. The topological polar surface area (TPSA) is 83.8 Å². The van der Waals surface area contributed by atoms with Crippen molar-refractivity contribution >= 4 is 5.91 Å². The fourth-order valence-electron chi connectivity index (χ4n) is 2.05. The van der Waals surface area contributed by atoms with Crippen LogP contribution in [-0.4, -0.2) is 21.0 Å². The lowest BCUT2D eigenvalue weighted by atomic mass is 10.3. The highest BCUT2D eigenvalue weighted by Gasteiger charge is 2.29. The van der Waals surface area contributed by atoms with E-state index >= 15 is 0 Å². The second-order valence-corrected chi connectivity index (χ2v) is 5.21. The summed E-state index contributed by atoms with van der Waals surface area (Å²) < 4.78 is 5.20. The Morgan fingerprint density at radius 1 is 1.55 bits per heavy atom. The molecule has 0 radical (unpaired) electrons. The smallest absolute Gasteiger partial charge is 0.268 e. The van der Waals surface area contributed by atoms with Gasteiger partial charge < -0.3 is 14.8 Å². The number of aryl methyl sites for hydroxylation is 1. The van der Waals surface area contributed by atoms with Gasteiger partial charge in [-0.15, -0.1) is 0 Å². The fraction of sp³-hybridized carbons (Fsp3) is 0.500. The molecule has 1 aliphatic carbocycles. The minimum atomic E-state index is -0.295. The minimum absolute atomic E-state index is 0.164. The van der Waals surface area contributed by atoms with E-state index in [9.17, 15) is 4.79 Å². The van der Waals surface area contributed by atoms with Crippen molar-refractivity contribution in [2.45, 2.75) is 45.1 Å². The van der Waals surface area contributed by atoms with Crippen molar-refractivity contribution in [1.29, 1.82) is 0 Å². The summed E-state index contributed by atoms with van der Waals surface area (Å²) in [5, 5.41) is 6.81. The molecule has 1 fully saturated rings. The second kappa shape index (κ2) is 5.11. The molecule has 1 aliphatic rings. The molecule has 0 aromatic carbocycles. The fourth-order valence-corrected chi connectivity index (χ4v) is 2.05. The Labute approximate surface area is 117 Å². The van der Waals surface area contributed by atoms with Gasteiger partial charge in [0.2, 0.25) is 5.89 Å². The van der Waals surface area contributed by atoms with E-state index in [2.05, 4.69) is 20.4 Å². The van der Waals surface area contributed by atoms with Crippen LogP contribution in [0.2, 0.25) is 0 Å². The third-order valence-corrected chi connectivity index (χ3v) is 3.49. The summed E-state index contributed by atoms with van der Waals surface area (Å²) in [5.41, 5.74) is 1.59. The normalized spacial score (nSPS) is 16.1. The van der Waals surface area contributed by atoms with Gasteiger partial charge in [-0.05, 0) is 38.3 Å². The lowest BCUT2D eigenvalue weighted by Crippen LogP contribution is -2.27. The van der Waals surface area contributed by atoms with Crippen LogP contribution >= 0.6 is 0 Å². The van der Waals surface area contributed by atoms with Gasteiger partial charge >= 0.3 is 0 Å². The van der Waals surface area contributed by atoms with Crippen molar-refractivity contribution in [2.24, 2.45) is 0 Å². The number of H-pyrrole nitrogens is 1. The number of carbonyl (C=O) groups is 1. The van der Waals surface area contributed by atoms with Crippen molar-refractivity contribution in [3.63, 3.8) is 0 Å². The predicted molar refractivity (Wildman–Crippen MR) is 72.3 cm³/mol. The maximum atomic E-state index is 12.1. The Kier molecular flexibility index (Phi) is 3.30. The van der Waals surface area contributed by atoms with Crippen LogP contribution in [0.3, 0.4) is 0 Å². The summed E-state index contributed by atoms with van der Waals surface area (Å²) >= 11 is 0. The number of carbonyl (C=O) groups excluding carboxylic acids is 1. The van der Waals surface area contributed by atoms with Gasteiger partial charge in [0.1, 0.15) is 11.7 Å². The third-order valence-electron chi connectivity index (χ3n) is 3.49. The number of nitrogens with one attached hydrogen (secondary N) is 2. The number of hydrogen-bond acceptors (Lipinski definition) is 4. The zero-order valence-corrected chi connectivity index (χ0v) is 11.6. The molecule has 2 N–H and O–H groups in total. The van der Waals surface area contributed by atoms with E-state index in [1.807, 2.05) is 19.9 Å². The Balaban J connectivity index is 1.64. The summed E-state index contributed by atoms with van der Waals surface area (Å²) in [5.74, 6) is 1.51. The highest BCUT2D eigenvalue weighted by Crippen LogP contribution is 2.38. The van der Waals surface area contributed by atoms with Gasteiger partial charge in [0.25, 0.3) is 5.91 Å². The SMILES string of the molecule is CCc1ccc(C(=O)N[C@H](C)c2nc(C3CC3)no2)[nH]1. The van der Waals surface area contributed by atoms with Gasteiger partial charge in [-0.2, -0.15) is 4.98 Å². The first kappa shape index (κ1) is 12.9. The molecular weight excluding hydrogens is 256 g/mol. The van der Waals surface area contributed by atoms with E-state index in [1.54, 1.807) is 6.07 Å². The average molecular weight is 274 g/mol. The predicted octanol–water partition coefficient (Wildman–Crippen LogP) is 2.33. The molecule has 0 unspecified atom stereocenters. The largest absolute Gasteiger partial charge is 0.354 e. The first-order chi connectivity index (χ1) is 9.67. The van der Waals surface area contributed by atoms with Gasteiger partial charge in [-0.25, -0.2) is 0 Å². The van der Waals surface area contributed by atoms with E-state index in [0.29, 0.717) is 17.5 Å². The number of rotatable bonds is 5. The molecule has 0 spiro atoms. The van der Waals surface area contributed by atoms with E-state index in [1.165, 1.54) is 0 Å². The first-order valence-electron chi connectivity index (χ1n) is 6.99. The monoisotopic (exact) mass is 274 g/mol. The minimum Gasteiger partial charge on any atom is -0.354 e. The first-order valence-corrected chi connectivity index (χ1v) is 6.99. The molecule has 2 aromatic rings. The number of aromatic amines is 1. The highest BCUT2D eigenvalue weighted by molar-refractivity contribution is 5.92. The van der Waals surface area contributed by atoms with E-state index in [-0.39, 0.29) is 11.9 Å². The van der Waals surface area contributed by atoms with Gasteiger partial charge in [0, 0.05) is 11.6 Å². The van der Waals surface area contributed by atoms with Crippen molar-refractivity contribution in [2.75, 3.05) is 0 Å². The van der Waals surface area contributed by atoms with Crippen LogP contribution in [0.1, 0.15) is 66.5 Å². The summed E-state index contributed by atoms with van der Waals surface area (Å²) in [4.78, 5) is 19.5. The molecule has 1 amide bonds. The Hall–Kier alpha value is -2.11. The molecule has 0 aliphatic heterocycles. The van der Waals surface area contributed by atoms with Crippen LogP contribution in [0.4, 0.5) is 0 Å². The van der Waals surface area contributed by atoms with Crippen LogP contribution in [0.15, 0.2) is 16.7 Å². The summed E-state index contributed by atoms with van der Waals surface area (Å²) in [6, 6.07) is 3.40. The van der Waals surface area contributed by atoms with Crippen LogP contribution in [-0.2, 0) is 6.42 Å². The quantitative estimate of drug-likeness (QED) is 0.876. The Morgan fingerprint density at radius 3 is 3.00 bits per heavy atom. The molecular formula is C14H18N4O2. The summed E-state index contributed by atoms with van der Waals surface area (Å²) in [6.45, 7) is 3.87.